The molecule has 0 unspecified atom stereocenters. The van der Waals surface area contributed by atoms with Crippen molar-refractivity contribution in [1.82, 2.24) is 15.2 Å². The van der Waals surface area contributed by atoms with Crippen LogP contribution in [0.15, 0.2) is 42.6 Å². The summed E-state index contributed by atoms with van der Waals surface area (Å²) in [6, 6.07) is 9.46. The zero-order chi connectivity index (χ0) is 17.8. The summed E-state index contributed by atoms with van der Waals surface area (Å²) in [5, 5.41) is 12.8. The van der Waals surface area contributed by atoms with Crippen molar-refractivity contribution in [3.63, 3.8) is 0 Å². The summed E-state index contributed by atoms with van der Waals surface area (Å²) in [5.74, 6) is -0.347. The second-order valence-electron chi connectivity index (χ2n) is 6.28. The SMILES string of the molecule is CCc1ccnc(CNC(=O)N2C[C@H](O)C[C@H]2c2cccc(F)c2)c1. The molecule has 1 fully saturated rings. The number of nitrogens with zero attached hydrogens (tertiary/aromatic N) is 2. The minimum Gasteiger partial charge on any atom is -0.391 e. The average Bonchev–Trinajstić information content (AvgIpc) is 3.02. The first-order valence-corrected chi connectivity index (χ1v) is 8.48. The lowest BCUT2D eigenvalue weighted by molar-refractivity contribution is 0.169. The second-order valence-corrected chi connectivity index (χ2v) is 6.28. The number of aliphatic hydroxyl groups excluding tert-OH is 1. The number of aromatic nitrogens is 1. The van der Waals surface area contributed by atoms with Gasteiger partial charge in [-0.3, -0.25) is 4.98 Å². The second kappa shape index (κ2) is 7.61. The van der Waals surface area contributed by atoms with Gasteiger partial charge in [0, 0.05) is 12.7 Å². The fourth-order valence-electron chi connectivity index (χ4n) is 3.18. The highest BCUT2D eigenvalue weighted by Crippen LogP contribution is 2.32. The summed E-state index contributed by atoms with van der Waals surface area (Å²) in [5.41, 5.74) is 2.64. The largest absolute Gasteiger partial charge is 0.391 e. The topological polar surface area (TPSA) is 65.5 Å². The lowest BCUT2D eigenvalue weighted by Crippen LogP contribution is -2.40. The first kappa shape index (κ1) is 17.4. The molecule has 3 rings (SSSR count). The summed E-state index contributed by atoms with van der Waals surface area (Å²) >= 11 is 0. The molecule has 132 valence electrons. The highest BCUT2D eigenvalue weighted by atomic mass is 19.1. The van der Waals surface area contributed by atoms with Crippen molar-refractivity contribution >= 4 is 6.03 Å². The van der Waals surface area contributed by atoms with Crippen LogP contribution >= 0.6 is 0 Å². The van der Waals surface area contributed by atoms with Gasteiger partial charge in [-0.1, -0.05) is 19.1 Å². The Hall–Kier alpha value is -2.47. The van der Waals surface area contributed by atoms with Crippen molar-refractivity contribution in [2.75, 3.05) is 6.54 Å². The molecule has 1 aromatic carbocycles. The molecule has 25 heavy (non-hydrogen) atoms. The van der Waals surface area contributed by atoms with Crippen LogP contribution in [0.3, 0.4) is 0 Å². The number of pyridine rings is 1. The van der Waals surface area contributed by atoms with Gasteiger partial charge in [-0.05, 0) is 48.2 Å². The van der Waals surface area contributed by atoms with Gasteiger partial charge in [-0.15, -0.1) is 0 Å². The molecule has 2 atom stereocenters. The Morgan fingerprint density at radius 1 is 1.40 bits per heavy atom. The van der Waals surface area contributed by atoms with Crippen LogP contribution in [-0.2, 0) is 13.0 Å². The Balaban J connectivity index is 1.69. The fraction of sp³-hybridized carbons (Fsp3) is 0.368. The first-order chi connectivity index (χ1) is 12.1. The van der Waals surface area contributed by atoms with Crippen molar-refractivity contribution in [2.24, 2.45) is 0 Å². The van der Waals surface area contributed by atoms with Gasteiger partial charge in [0.05, 0.1) is 24.4 Å². The summed E-state index contributed by atoms with van der Waals surface area (Å²) in [4.78, 5) is 18.4. The van der Waals surface area contributed by atoms with E-state index in [4.69, 9.17) is 0 Å². The maximum Gasteiger partial charge on any atom is 0.318 e. The Labute approximate surface area is 146 Å². The molecule has 0 saturated carbocycles. The molecule has 1 aliphatic rings. The average molecular weight is 343 g/mol. The van der Waals surface area contributed by atoms with Crippen LogP contribution in [0.2, 0.25) is 0 Å². The number of carbonyl (C=O) groups excluding carboxylic acids is 1. The molecule has 0 spiro atoms. The number of hydrogen-bond acceptors (Lipinski definition) is 3. The number of carbonyl (C=O) groups is 1. The number of urea groups is 1. The third-order valence-electron chi connectivity index (χ3n) is 4.48. The molecule has 2 heterocycles. The molecule has 0 bridgehead atoms. The van der Waals surface area contributed by atoms with Gasteiger partial charge in [0.15, 0.2) is 0 Å². The number of β-amino-alcohol motifs (C(OH)–C–C–N with tert-alkyl or cyclic N) is 1. The van der Waals surface area contributed by atoms with Gasteiger partial charge in [0.2, 0.25) is 0 Å². The Morgan fingerprint density at radius 2 is 2.24 bits per heavy atom. The molecule has 2 amide bonds. The van der Waals surface area contributed by atoms with Crippen molar-refractivity contribution in [3.05, 3.63) is 65.2 Å². The Kier molecular flexibility index (Phi) is 5.28. The maximum absolute atomic E-state index is 13.5. The third kappa shape index (κ3) is 4.14. The van der Waals surface area contributed by atoms with Gasteiger partial charge in [-0.2, -0.15) is 0 Å². The minimum absolute atomic E-state index is 0.232. The van der Waals surface area contributed by atoms with E-state index in [0.29, 0.717) is 18.5 Å². The third-order valence-corrected chi connectivity index (χ3v) is 4.48. The lowest BCUT2D eigenvalue weighted by atomic mass is 10.0. The molecule has 0 radical (unpaired) electrons. The van der Waals surface area contributed by atoms with Crippen LogP contribution in [0, 0.1) is 5.82 Å². The predicted molar refractivity (Wildman–Crippen MR) is 92.3 cm³/mol. The van der Waals surface area contributed by atoms with E-state index in [1.54, 1.807) is 23.2 Å². The lowest BCUT2D eigenvalue weighted by Gasteiger charge is -2.25. The molecule has 1 saturated heterocycles. The molecule has 2 aromatic rings. The normalized spacial score (nSPS) is 19.9. The van der Waals surface area contributed by atoms with Gasteiger partial charge >= 0.3 is 6.03 Å². The maximum atomic E-state index is 13.5. The number of nitrogens with one attached hydrogen (secondary N) is 1. The van der Waals surface area contributed by atoms with Crippen LogP contribution in [0.1, 0.15) is 36.2 Å². The molecule has 2 N–H and O–H groups in total. The van der Waals surface area contributed by atoms with E-state index in [9.17, 15) is 14.3 Å². The molecule has 0 aliphatic carbocycles. The van der Waals surface area contributed by atoms with E-state index in [0.717, 1.165) is 17.7 Å². The van der Waals surface area contributed by atoms with Gasteiger partial charge in [0.1, 0.15) is 5.82 Å². The Morgan fingerprint density at radius 3 is 3.00 bits per heavy atom. The van der Waals surface area contributed by atoms with E-state index in [1.165, 1.54) is 12.1 Å². The molecule has 5 nitrogen and oxygen atoms in total. The van der Waals surface area contributed by atoms with Gasteiger partial charge < -0.3 is 15.3 Å². The van der Waals surface area contributed by atoms with E-state index in [2.05, 4.69) is 17.2 Å². The van der Waals surface area contributed by atoms with Gasteiger partial charge in [-0.25, -0.2) is 9.18 Å². The van der Waals surface area contributed by atoms with Crippen molar-refractivity contribution in [2.45, 2.75) is 38.5 Å². The van der Waals surface area contributed by atoms with Crippen LogP contribution in [-0.4, -0.2) is 33.7 Å². The van der Waals surface area contributed by atoms with E-state index in [1.807, 2.05) is 12.1 Å². The van der Waals surface area contributed by atoms with Crippen molar-refractivity contribution in [1.29, 1.82) is 0 Å². The molecule has 1 aliphatic heterocycles. The number of aliphatic hydroxyl groups is 1. The summed E-state index contributed by atoms with van der Waals surface area (Å²) in [7, 11) is 0. The van der Waals surface area contributed by atoms with Crippen LogP contribution in [0.5, 0.6) is 0 Å². The molecule has 1 aromatic heterocycles. The standard InChI is InChI=1S/C19H22FN3O2/c1-2-13-6-7-21-16(8-13)11-22-19(25)23-12-17(24)10-18(23)14-4-3-5-15(20)9-14/h3-9,17-18,24H,2,10-12H2,1H3,(H,22,25)/t17-,18+/m1/s1. The predicted octanol–water partition coefficient (Wildman–Crippen LogP) is 2.80. The summed E-state index contributed by atoms with van der Waals surface area (Å²) < 4.78 is 13.5. The van der Waals surface area contributed by atoms with Crippen molar-refractivity contribution in [3.8, 4) is 0 Å². The number of halogens is 1. The number of rotatable bonds is 4. The fourth-order valence-corrected chi connectivity index (χ4v) is 3.18. The first-order valence-electron chi connectivity index (χ1n) is 8.48. The number of aryl methyl sites for hydroxylation is 1. The van der Waals surface area contributed by atoms with Crippen molar-refractivity contribution < 1.29 is 14.3 Å². The van der Waals surface area contributed by atoms with E-state index < -0.39 is 6.10 Å². The summed E-state index contributed by atoms with van der Waals surface area (Å²) in [6.07, 6.45) is 2.43. The highest BCUT2D eigenvalue weighted by molar-refractivity contribution is 5.75. The highest BCUT2D eigenvalue weighted by Gasteiger charge is 2.35. The molecular weight excluding hydrogens is 321 g/mol. The van der Waals surface area contributed by atoms with Crippen LogP contribution < -0.4 is 5.32 Å². The number of likely N-dealkylation sites (tertiary alicyclic amines) is 1. The number of benzene rings is 1. The number of hydrogen-bond donors (Lipinski definition) is 2. The smallest absolute Gasteiger partial charge is 0.318 e. The van der Waals surface area contributed by atoms with Gasteiger partial charge in [0.25, 0.3) is 0 Å². The monoisotopic (exact) mass is 343 g/mol. The van der Waals surface area contributed by atoms with Crippen LogP contribution in [0.25, 0.3) is 0 Å². The van der Waals surface area contributed by atoms with E-state index >= 15 is 0 Å². The number of amides is 2. The van der Waals surface area contributed by atoms with Crippen LogP contribution in [0.4, 0.5) is 9.18 Å². The zero-order valence-electron chi connectivity index (χ0n) is 14.2. The Bertz CT molecular complexity index is 753. The quantitative estimate of drug-likeness (QED) is 0.897. The molecule has 6 heteroatoms. The minimum atomic E-state index is -0.611. The zero-order valence-corrected chi connectivity index (χ0v) is 14.2. The molecular formula is C19H22FN3O2. The summed E-state index contributed by atoms with van der Waals surface area (Å²) in [6.45, 7) is 2.61. The van der Waals surface area contributed by atoms with E-state index in [-0.39, 0.29) is 24.4 Å².